The van der Waals surface area contributed by atoms with Crippen molar-refractivity contribution in [1.82, 2.24) is 9.88 Å². The van der Waals surface area contributed by atoms with Crippen LogP contribution >= 0.6 is 0 Å². The summed E-state index contributed by atoms with van der Waals surface area (Å²) >= 11 is 0. The predicted molar refractivity (Wildman–Crippen MR) is 111 cm³/mol. The van der Waals surface area contributed by atoms with E-state index in [-0.39, 0.29) is 17.6 Å². The molecule has 148 valence electrons. The minimum atomic E-state index is -0.0378. The average molecular weight is 380 g/mol. The van der Waals surface area contributed by atoms with Crippen molar-refractivity contribution in [2.24, 2.45) is 11.8 Å². The molecule has 0 bridgehead atoms. The summed E-state index contributed by atoms with van der Waals surface area (Å²) in [5.74, 6) is 1.32. The fourth-order valence-electron chi connectivity index (χ4n) is 3.59. The van der Waals surface area contributed by atoms with Gasteiger partial charge >= 0.3 is 0 Å². The summed E-state index contributed by atoms with van der Waals surface area (Å²) in [5, 5.41) is 3.27. The van der Waals surface area contributed by atoms with Crippen molar-refractivity contribution < 1.29 is 9.59 Å². The zero-order valence-corrected chi connectivity index (χ0v) is 16.7. The van der Waals surface area contributed by atoms with Crippen LogP contribution in [0.3, 0.4) is 0 Å². The lowest BCUT2D eigenvalue weighted by molar-refractivity contribution is -0.124. The van der Waals surface area contributed by atoms with Crippen molar-refractivity contribution in [3.05, 3.63) is 59.8 Å². The van der Waals surface area contributed by atoms with Gasteiger partial charge < -0.3 is 10.2 Å². The number of hydrogen-bond acceptors (Lipinski definition) is 4. The van der Waals surface area contributed by atoms with Crippen LogP contribution in [0.1, 0.15) is 49.0 Å². The molecule has 1 aliphatic heterocycles. The van der Waals surface area contributed by atoms with E-state index in [1.165, 1.54) is 5.56 Å². The maximum absolute atomic E-state index is 12.8. The van der Waals surface area contributed by atoms with Gasteiger partial charge in [0.1, 0.15) is 11.6 Å². The lowest BCUT2D eigenvalue weighted by Crippen LogP contribution is -2.42. The Bertz CT molecular complexity index is 787. The predicted octanol–water partition coefficient (Wildman–Crippen LogP) is 4.16. The lowest BCUT2D eigenvalue weighted by Gasteiger charge is -2.32. The Kier molecular flexibility index (Phi) is 6.80. The molecule has 3 rings (SSSR count). The number of nitrogens with zero attached hydrogens (tertiary/aromatic N) is 2. The lowest BCUT2D eigenvalue weighted by atomic mass is 9.89. The SMILES string of the molecule is CC(C)CC(=O)[C@H]1CCCN(C(=O)c2ccc(NCc3ccccc3)nc2)C1. The van der Waals surface area contributed by atoms with Crippen LogP contribution < -0.4 is 5.32 Å². The molecule has 1 aromatic heterocycles. The van der Waals surface area contributed by atoms with Crippen LogP contribution in [0.15, 0.2) is 48.7 Å². The number of benzene rings is 1. The van der Waals surface area contributed by atoms with Crippen molar-refractivity contribution >= 4 is 17.5 Å². The van der Waals surface area contributed by atoms with Crippen LogP contribution in [-0.4, -0.2) is 34.7 Å². The Morgan fingerprint density at radius 3 is 2.64 bits per heavy atom. The van der Waals surface area contributed by atoms with Gasteiger partial charge in [0.25, 0.3) is 5.91 Å². The van der Waals surface area contributed by atoms with Gasteiger partial charge in [0.15, 0.2) is 0 Å². The highest BCUT2D eigenvalue weighted by atomic mass is 16.2. The van der Waals surface area contributed by atoms with Gasteiger partial charge in [-0.15, -0.1) is 0 Å². The number of ketones is 1. The molecule has 1 saturated heterocycles. The second kappa shape index (κ2) is 9.49. The summed E-state index contributed by atoms with van der Waals surface area (Å²) < 4.78 is 0. The Morgan fingerprint density at radius 1 is 1.18 bits per heavy atom. The zero-order valence-electron chi connectivity index (χ0n) is 16.7. The van der Waals surface area contributed by atoms with Crippen LogP contribution in [0, 0.1) is 11.8 Å². The minimum Gasteiger partial charge on any atom is -0.366 e. The topological polar surface area (TPSA) is 62.3 Å². The van der Waals surface area contributed by atoms with Gasteiger partial charge in [0.2, 0.25) is 0 Å². The van der Waals surface area contributed by atoms with Crippen molar-refractivity contribution in [3.8, 4) is 0 Å². The molecule has 1 aromatic carbocycles. The maximum atomic E-state index is 12.8. The molecule has 1 atom stereocenters. The van der Waals surface area contributed by atoms with Gasteiger partial charge in [0.05, 0.1) is 5.56 Å². The van der Waals surface area contributed by atoms with E-state index in [9.17, 15) is 9.59 Å². The molecule has 1 amide bonds. The number of piperidine rings is 1. The van der Waals surface area contributed by atoms with Crippen molar-refractivity contribution in [1.29, 1.82) is 0 Å². The Hall–Kier alpha value is -2.69. The first-order chi connectivity index (χ1) is 13.5. The number of hydrogen-bond donors (Lipinski definition) is 1. The normalized spacial score (nSPS) is 16.8. The first-order valence-electron chi connectivity index (χ1n) is 10.1. The summed E-state index contributed by atoms with van der Waals surface area (Å²) in [4.78, 5) is 31.4. The molecule has 1 N–H and O–H groups in total. The number of carbonyl (C=O) groups excluding carboxylic acids is 2. The van der Waals surface area contributed by atoms with Gasteiger partial charge in [-0.1, -0.05) is 44.2 Å². The van der Waals surface area contributed by atoms with Crippen molar-refractivity contribution in [2.75, 3.05) is 18.4 Å². The van der Waals surface area contributed by atoms with E-state index in [1.807, 2.05) is 30.3 Å². The quantitative estimate of drug-likeness (QED) is 0.785. The fourth-order valence-corrected chi connectivity index (χ4v) is 3.59. The Morgan fingerprint density at radius 2 is 1.96 bits per heavy atom. The standard InChI is InChI=1S/C23H29N3O2/c1-17(2)13-21(27)20-9-6-12-26(16-20)23(28)19-10-11-22(25-15-19)24-14-18-7-4-3-5-8-18/h3-5,7-8,10-11,15,17,20H,6,9,12-14,16H2,1-2H3,(H,24,25)/t20-/m0/s1. The minimum absolute atomic E-state index is 0.0279. The van der Waals surface area contributed by atoms with Crippen molar-refractivity contribution in [3.63, 3.8) is 0 Å². The second-order valence-corrected chi connectivity index (χ2v) is 7.93. The number of carbonyl (C=O) groups is 2. The zero-order chi connectivity index (χ0) is 19.9. The summed E-state index contributed by atoms with van der Waals surface area (Å²) in [6, 6.07) is 13.7. The summed E-state index contributed by atoms with van der Waals surface area (Å²) in [6.07, 6.45) is 3.98. The van der Waals surface area contributed by atoms with Gasteiger partial charge in [-0.2, -0.15) is 0 Å². The van der Waals surface area contributed by atoms with Gasteiger partial charge in [-0.05, 0) is 36.5 Å². The second-order valence-electron chi connectivity index (χ2n) is 7.93. The van der Waals surface area contributed by atoms with Crippen LogP contribution in [0.5, 0.6) is 0 Å². The monoisotopic (exact) mass is 379 g/mol. The highest BCUT2D eigenvalue weighted by molar-refractivity contribution is 5.94. The third-order valence-electron chi connectivity index (χ3n) is 5.10. The highest BCUT2D eigenvalue weighted by Gasteiger charge is 2.29. The molecule has 1 fully saturated rings. The molecular weight excluding hydrogens is 350 g/mol. The van der Waals surface area contributed by atoms with Gasteiger partial charge in [-0.25, -0.2) is 4.98 Å². The molecule has 1 aliphatic rings. The summed E-state index contributed by atoms with van der Waals surface area (Å²) in [7, 11) is 0. The summed E-state index contributed by atoms with van der Waals surface area (Å²) in [5.41, 5.74) is 1.75. The number of Topliss-reactive ketones (excluding diaryl/α,β-unsaturated/α-hetero) is 1. The highest BCUT2D eigenvalue weighted by Crippen LogP contribution is 2.22. The number of likely N-dealkylation sites (tertiary alicyclic amines) is 1. The van der Waals surface area contributed by atoms with E-state index >= 15 is 0 Å². The molecule has 28 heavy (non-hydrogen) atoms. The molecule has 0 unspecified atom stereocenters. The third-order valence-corrected chi connectivity index (χ3v) is 5.10. The van der Waals surface area contributed by atoms with Crippen molar-refractivity contribution in [2.45, 2.75) is 39.7 Å². The van der Waals surface area contributed by atoms with Crippen LogP contribution in [0.2, 0.25) is 0 Å². The number of nitrogens with one attached hydrogen (secondary N) is 1. The van der Waals surface area contributed by atoms with E-state index in [1.54, 1.807) is 11.1 Å². The van der Waals surface area contributed by atoms with E-state index in [4.69, 9.17) is 0 Å². The van der Waals surface area contributed by atoms with E-state index < -0.39 is 0 Å². The smallest absolute Gasteiger partial charge is 0.255 e. The fraction of sp³-hybridized carbons (Fsp3) is 0.435. The van der Waals surface area contributed by atoms with E-state index in [0.29, 0.717) is 37.5 Å². The van der Waals surface area contributed by atoms with Gasteiger partial charge in [0, 0.05) is 38.2 Å². The van der Waals surface area contributed by atoms with Crippen LogP contribution in [0.4, 0.5) is 5.82 Å². The molecule has 2 aromatic rings. The maximum Gasteiger partial charge on any atom is 0.255 e. The van der Waals surface area contributed by atoms with Crippen LogP contribution in [0.25, 0.3) is 0 Å². The number of aromatic nitrogens is 1. The Balaban J connectivity index is 1.57. The first-order valence-corrected chi connectivity index (χ1v) is 10.1. The number of anilines is 1. The molecular formula is C23H29N3O2. The largest absolute Gasteiger partial charge is 0.366 e. The molecule has 0 saturated carbocycles. The molecule has 0 radical (unpaired) electrons. The van der Waals surface area contributed by atoms with E-state index in [0.717, 1.165) is 18.7 Å². The molecule has 0 aliphatic carbocycles. The van der Waals surface area contributed by atoms with Crippen LogP contribution in [-0.2, 0) is 11.3 Å². The Labute approximate surface area is 167 Å². The molecule has 2 heterocycles. The molecule has 5 heteroatoms. The molecule has 0 spiro atoms. The first kappa shape index (κ1) is 20.1. The molecule has 5 nitrogen and oxygen atoms in total. The average Bonchev–Trinajstić information content (AvgIpc) is 2.72. The third kappa shape index (κ3) is 5.41. The number of pyridine rings is 1. The van der Waals surface area contributed by atoms with Gasteiger partial charge in [-0.3, -0.25) is 9.59 Å². The van der Waals surface area contributed by atoms with E-state index in [2.05, 4.69) is 36.3 Å². The summed E-state index contributed by atoms with van der Waals surface area (Å²) in [6.45, 7) is 6.04. The number of amides is 1. The number of rotatable bonds is 7.